The minimum atomic E-state index is 0.418. The molecule has 106 valence electrons. The molecule has 1 heterocycles. The first-order chi connectivity index (χ1) is 9.18. The van der Waals surface area contributed by atoms with Gasteiger partial charge in [0.15, 0.2) is 0 Å². The Hall–Kier alpha value is -0.860. The minimum Gasteiger partial charge on any atom is -0.378 e. The smallest absolute Gasteiger partial charge is 0.0588 e. The summed E-state index contributed by atoms with van der Waals surface area (Å²) in [6, 6.07) is 10.8. The van der Waals surface area contributed by atoms with E-state index in [0.29, 0.717) is 23.9 Å². The van der Waals surface area contributed by atoms with Crippen molar-refractivity contribution in [2.75, 3.05) is 19.7 Å². The summed E-state index contributed by atoms with van der Waals surface area (Å²) in [6.07, 6.45) is 1.62. The summed E-state index contributed by atoms with van der Waals surface area (Å²) < 4.78 is 5.62. The van der Waals surface area contributed by atoms with Gasteiger partial charge in [0.1, 0.15) is 0 Å². The topological polar surface area (TPSA) is 21.3 Å². The largest absolute Gasteiger partial charge is 0.378 e. The molecule has 3 unspecified atom stereocenters. The average Bonchev–Trinajstić information content (AvgIpc) is 2.81. The van der Waals surface area contributed by atoms with Gasteiger partial charge in [0, 0.05) is 19.7 Å². The zero-order valence-corrected chi connectivity index (χ0v) is 12.4. The highest BCUT2D eigenvalue weighted by atomic mass is 16.5. The molecule has 2 heteroatoms. The Kier molecular flexibility index (Phi) is 5.41. The molecular weight excluding hydrogens is 234 g/mol. The fourth-order valence-corrected chi connectivity index (χ4v) is 2.91. The lowest BCUT2D eigenvalue weighted by atomic mass is 9.88. The third-order valence-corrected chi connectivity index (χ3v) is 4.34. The highest BCUT2D eigenvalue weighted by Gasteiger charge is 2.24. The van der Waals surface area contributed by atoms with E-state index in [1.165, 1.54) is 12.0 Å². The van der Waals surface area contributed by atoms with Crippen molar-refractivity contribution in [1.29, 1.82) is 0 Å². The van der Waals surface area contributed by atoms with E-state index >= 15 is 0 Å². The standard InChI is InChI=1S/C17H27NO/c1-13(2)17(15-7-5-4-6-8-15)12-18-11-16-9-10-19-14(16)3/h4-8,13-14,16-18H,9-12H2,1-3H3. The molecular formula is C17H27NO. The van der Waals surface area contributed by atoms with Crippen LogP contribution in [0.15, 0.2) is 30.3 Å². The van der Waals surface area contributed by atoms with Gasteiger partial charge in [-0.2, -0.15) is 0 Å². The second kappa shape index (κ2) is 7.06. The van der Waals surface area contributed by atoms with Crippen molar-refractivity contribution in [3.05, 3.63) is 35.9 Å². The van der Waals surface area contributed by atoms with Gasteiger partial charge in [-0.05, 0) is 36.7 Å². The molecule has 0 aliphatic carbocycles. The van der Waals surface area contributed by atoms with Crippen molar-refractivity contribution in [2.45, 2.75) is 39.2 Å². The van der Waals surface area contributed by atoms with E-state index in [-0.39, 0.29) is 0 Å². The predicted molar refractivity (Wildman–Crippen MR) is 80.4 cm³/mol. The summed E-state index contributed by atoms with van der Waals surface area (Å²) in [5.41, 5.74) is 1.45. The van der Waals surface area contributed by atoms with Crippen LogP contribution in [-0.4, -0.2) is 25.8 Å². The fraction of sp³-hybridized carbons (Fsp3) is 0.647. The first-order valence-electron chi connectivity index (χ1n) is 7.55. The molecule has 3 atom stereocenters. The van der Waals surface area contributed by atoms with Crippen LogP contribution in [0.5, 0.6) is 0 Å². The summed E-state index contributed by atoms with van der Waals surface area (Å²) in [5.74, 6) is 1.94. The number of nitrogens with one attached hydrogen (secondary N) is 1. The highest BCUT2D eigenvalue weighted by Crippen LogP contribution is 2.24. The Morgan fingerprint density at radius 2 is 2.00 bits per heavy atom. The zero-order chi connectivity index (χ0) is 13.7. The van der Waals surface area contributed by atoms with Gasteiger partial charge in [-0.15, -0.1) is 0 Å². The number of hydrogen-bond donors (Lipinski definition) is 1. The summed E-state index contributed by atoms with van der Waals surface area (Å²) in [5, 5.41) is 3.66. The molecule has 0 spiro atoms. The lowest BCUT2D eigenvalue weighted by Crippen LogP contribution is -2.31. The maximum atomic E-state index is 5.62. The summed E-state index contributed by atoms with van der Waals surface area (Å²) in [4.78, 5) is 0. The van der Waals surface area contributed by atoms with Gasteiger partial charge in [0.2, 0.25) is 0 Å². The second-order valence-electron chi connectivity index (χ2n) is 6.04. The maximum Gasteiger partial charge on any atom is 0.0588 e. The number of rotatable bonds is 6. The van der Waals surface area contributed by atoms with Crippen LogP contribution in [0.1, 0.15) is 38.7 Å². The molecule has 1 N–H and O–H groups in total. The third kappa shape index (κ3) is 4.05. The molecule has 0 aromatic heterocycles. The molecule has 0 saturated carbocycles. The molecule has 1 aromatic rings. The van der Waals surface area contributed by atoms with E-state index in [1.54, 1.807) is 0 Å². The van der Waals surface area contributed by atoms with Crippen molar-refractivity contribution in [3.63, 3.8) is 0 Å². The van der Waals surface area contributed by atoms with Crippen LogP contribution >= 0.6 is 0 Å². The Morgan fingerprint density at radius 1 is 1.26 bits per heavy atom. The van der Waals surface area contributed by atoms with Crippen LogP contribution in [0.2, 0.25) is 0 Å². The molecule has 1 aliphatic heterocycles. The predicted octanol–water partition coefficient (Wildman–Crippen LogP) is 3.44. The molecule has 1 fully saturated rings. The molecule has 1 saturated heterocycles. The van der Waals surface area contributed by atoms with Gasteiger partial charge >= 0.3 is 0 Å². The number of benzene rings is 1. The van der Waals surface area contributed by atoms with Crippen LogP contribution in [-0.2, 0) is 4.74 Å². The molecule has 1 aliphatic rings. The van der Waals surface area contributed by atoms with E-state index < -0.39 is 0 Å². The molecule has 19 heavy (non-hydrogen) atoms. The van der Waals surface area contributed by atoms with Crippen LogP contribution in [0.3, 0.4) is 0 Å². The summed E-state index contributed by atoms with van der Waals surface area (Å²) >= 11 is 0. The van der Waals surface area contributed by atoms with E-state index in [0.717, 1.165) is 19.7 Å². The first-order valence-corrected chi connectivity index (χ1v) is 7.55. The first kappa shape index (κ1) is 14.5. The van der Waals surface area contributed by atoms with E-state index in [4.69, 9.17) is 4.74 Å². The molecule has 2 nitrogen and oxygen atoms in total. The normalized spacial score (nSPS) is 24.8. The number of ether oxygens (including phenoxy) is 1. The molecule has 1 aromatic carbocycles. The average molecular weight is 261 g/mol. The van der Waals surface area contributed by atoms with Crippen molar-refractivity contribution in [2.24, 2.45) is 11.8 Å². The van der Waals surface area contributed by atoms with Crippen molar-refractivity contribution < 1.29 is 4.74 Å². The third-order valence-electron chi connectivity index (χ3n) is 4.34. The van der Waals surface area contributed by atoms with Crippen LogP contribution < -0.4 is 5.32 Å². The van der Waals surface area contributed by atoms with Crippen LogP contribution in [0.25, 0.3) is 0 Å². The van der Waals surface area contributed by atoms with Gasteiger partial charge in [0.25, 0.3) is 0 Å². The minimum absolute atomic E-state index is 0.418. The lowest BCUT2D eigenvalue weighted by Gasteiger charge is -2.23. The quantitative estimate of drug-likeness (QED) is 0.847. The maximum absolute atomic E-state index is 5.62. The monoisotopic (exact) mass is 261 g/mol. The van der Waals surface area contributed by atoms with Gasteiger partial charge in [-0.1, -0.05) is 44.2 Å². The second-order valence-corrected chi connectivity index (χ2v) is 6.04. The highest BCUT2D eigenvalue weighted by molar-refractivity contribution is 5.20. The Morgan fingerprint density at radius 3 is 2.58 bits per heavy atom. The van der Waals surface area contributed by atoms with E-state index in [9.17, 15) is 0 Å². The van der Waals surface area contributed by atoms with E-state index in [1.807, 2.05) is 0 Å². The van der Waals surface area contributed by atoms with Gasteiger partial charge in [0.05, 0.1) is 6.10 Å². The van der Waals surface area contributed by atoms with Gasteiger partial charge in [-0.25, -0.2) is 0 Å². The Balaban J connectivity index is 1.84. The van der Waals surface area contributed by atoms with Crippen molar-refractivity contribution >= 4 is 0 Å². The van der Waals surface area contributed by atoms with Gasteiger partial charge in [-0.3, -0.25) is 0 Å². The molecule has 2 rings (SSSR count). The Labute approximate surface area is 117 Å². The molecule has 0 amide bonds. The van der Waals surface area contributed by atoms with Crippen LogP contribution in [0.4, 0.5) is 0 Å². The van der Waals surface area contributed by atoms with Crippen molar-refractivity contribution in [3.8, 4) is 0 Å². The van der Waals surface area contributed by atoms with Crippen molar-refractivity contribution in [1.82, 2.24) is 5.32 Å². The van der Waals surface area contributed by atoms with Crippen LogP contribution in [0, 0.1) is 11.8 Å². The fourth-order valence-electron chi connectivity index (χ4n) is 2.91. The van der Waals surface area contributed by atoms with Gasteiger partial charge < -0.3 is 10.1 Å². The molecule has 0 radical (unpaired) electrons. The Bertz CT molecular complexity index is 363. The zero-order valence-electron chi connectivity index (χ0n) is 12.4. The lowest BCUT2D eigenvalue weighted by molar-refractivity contribution is 0.105. The number of hydrogen-bond acceptors (Lipinski definition) is 2. The summed E-state index contributed by atoms with van der Waals surface area (Å²) in [7, 11) is 0. The summed E-state index contributed by atoms with van der Waals surface area (Å²) in [6.45, 7) is 9.87. The van der Waals surface area contributed by atoms with E-state index in [2.05, 4.69) is 56.4 Å². The SMILES string of the molecule is CC(C)C(CNCC1CCOC1C)c1ccccc1. The molecule has 0 bridgehead atoms.